The highest BCUT2D eigenvalue weighted by atomic mass is 32.1. The summed E-state index contributed by atoms with van der Waals surface area (Å²) in [7, 11) is 1.86. The van der Waals surface area contributed by atoms with E-state index in [9.17, 15) is 9.18 Å². The van der Waals surface area contributed by atoms with Gasteiger partial charge in [-0.1, -0.05) is 32.9 Å². The Balaban J connectivity index is 1.95. The molecule has 0 saturated heterocycles. The number of thiazole rings is 1. The SMILES string of the molecule is Cc1nc(C(C)(C)C)sc1C(=O)NC(c1ccc(F)cc1)c1nccn1C. The smallest absolute Gasteiger partial charge is 0.264 e. The number of aromatic nitrogens is 3. The van der Waals surface area contributed by atoms with Crippen molar-refractivity contribution in [3.63, 3.8) is 0 Å². The molecule has 0 spiro atoms. The molecule has 1 unspecified atom stereocenters. The number of carbonyl (C=O) groups is 1. The summed E-state index contributed by atoms with van der Waals surface area (Å²) in [6.07, 6.45) is 3.49. The molecule has 1 amide bonds. The summed E-state index contributed by atoms with van der Waals surface area (Å²) < 4.78 is 15.2. The van der Waals surface area contributed by atoms with Gasteiger partial charge in [-0.05, 0) is 24.6 Å². The minimum Gasteiger partial charge on any atom is -0.337 e. The molecule has 0 radical (unpaired) electrons. The minimum absolute atomic E-state index is 0.121. The molecule has 27 heavy (non-hydrogen) atoms. The third-order valence-electron chi connectivity index (χ3n) is 4.24. The lowest BCUT2D eigenvalue weighted by Crippen LogP contribution is -2.31. The van der Waals surface area contributed by atoms with Crippen LogP contribution in [-0.4, -0.2) is 20.4 Å². The zero-order chi connectivity index (χ0) is 19.8. The predicted molar refractivity (Wildman–Crippen MR) is 104 cm³/mol. The van der Waals surface area contributed by atoms with Gasteiger partial charge in [0.15, 0.2) is 0 Å². The van der Waals surface area contributed by atoms with E-state index in [1.165, 1.54) is 23.5 Å². The lowest BCUT2D eigenvalue weighted by Gasteiger charge is -2.19. The number of aryl methyl sites for hydroxylation is 2. The van der Waals surface area contributed by atoms with E-state index in [1.54, 1.807) is 18.3 Å². The average molecular weight is 386 g/mol. The van der Waals surface area contributed by atoms with E-state index in [1.807, 2.05) is 24.7 Å². The zero-order valence-electron chi connectivity index (χ0n) is 16.1. The molecule has 0 aliphatic heterocycles. The van der Waals surface area contributed by atoms with Crippen molar-refractivity contribution >= 4 is 17.2 Å². The topological polar surface area (TPSA) is 59.8 Å². The molecule has 1 atom stereocenters. The summed E-state index contributed by atoms with van der Waals surface area (Å²) in [4.78, 5) is 22.5. The molecular weight excluding hydrogens is 363 g/mol. The van der Waals surface area contributed by atoms with Crippen LogP contribution in [0.4, 0.5) is 4.39 Å². The summed E-state index contributed by atoms with van der Waals surface area (Å²) in [5.74, 6) is 0.141. The van der Waals surface area contributed by atoms with Crippen LogP contribution < -0.4 is 5.32 Å². The Morgan fingerprint density at radius 3 is 2.44 bits per heavy atom. The first-order valence-corrected chi connectivity index (χ1v) is 9.50. The maximum absolute atomic E-state index is 13.4. The Hall–Kier alpha value is -2.54. The lowest BCUT2D eigenvalue weighted by molar-refractivity contribution is 0.0944. The molecule has 7 heteroatoms. The van der Waals surface area contributed by atoms with E-state index in [2.05, 4.69) is 36.1 Å². The number of imidazole rings is 1. The number of halogens is 1. The van der Waals surface area contributed by atoms with Crippen LogP contribution in [0.2, 0.25) is 0 Å². The van der Waals surface area contributed by atoms with Crippen LogP contribution in [0.15, 0.2) is 36.7 Å². The van der Waals surface area contributed by atoms with Crippen molar-refractivity contribution in [2.24, 2.45) is 7.05 Å². The number of nitrogens with one attached hydrogen (secondary N) is 1. The first-order valence-electron chi connectivity index (χ1n) is 8.68. The van der Waals surface area contributed by atoms with Gasteiger partial charge in [0.05, 0.1) is 10.7 Å². The standard InChI is InChI=1S/C20H23FN4OS/c1-12-16(27-19(23-12)20(2,3)4)18(26)24-15(17-22-10-11-25(17)5)13-6-8-14(21)9-7-13/h6-11,15H,1-5H3,(H,24,26). The van der Waals surface area contributed by atoms with Gasteiger partial charge in [0, 0.05) is 24.9 Å². The Kier molecular flexibility index (Phi) is 5.15. The predicted octanol–water partition coefficient (Wildman–Crippen LogP) is 4.14. The quantitative estimate of drug-likeness (QED) is 0.733. The van der Waals surface area contributed by atoms with Crippen molar-refractivity contribution < 1.29 is 9.18 Å². The van der Waals surface area contributed by atoms with Crippen molar-refractivity contribution in [3.8, 4) is 0 Å². The molecule has 1 aromatic carbocycles. The van der Waals surface area contributed by atoms with Crippen LogP contribution in [0.5, 0.6) is 0 Å². The number of amides is 1. The molecule has 0 saturated carbocycles. The summed E-state index contributed by atoms with van der Waals surface area (Å²) in [6, 6.07) is 5.60. The van der Waals surface area contributed by atoms with Crippen molar-refractivity contribution in [1.82, 2.24) is 19.9 Å². The summed E-state index contributed by atoms with van der Waals surface area (Å²) in [6.45, 7) is 8.06. The van der Waals surface area contributed by atoms with Gasteiger partial charge in [-0.25, -0.2) is 14.4 Å². The van der Waals surface area contributed by atoms with E-state index in [0.717, 1.165) is 10.6 Å². The number of rotatable bonds is 4. The third-order valence-corrected chi connectivity index (χ3v) is 5.82. The van der Waals surface area contributed by atoms with Crippen molar-refractivity contribution in [2.75, 3.05) is 0 Å². The molecule has 1 N–H and O–H groups in total. The molecule has 3 aromatic rings. The molecule has 2 aromatic heterocycles. The first-order chi connectivity index (χ1) is 12.7. The highest BCUT2D eigenvalue weighted by molar-refractivity contribution is 7.14. The van der Waals surface area contributed by atoms with Crippen molar-refractivity contribution in [1.29, 1.82) is 0 Å². The molecule has 5 nitrogen and oxygen atoms in total. The fourth-order valence-corrected chi connectivity index (χ4v) is 3.76. The van der Waals surface area contributed by atoms with Gasteiger partial charge >= 0.3 is 0 Å². The van der Waals surface area contributed by atoms with Gasteiger partial charge in [-0.15, -0.1) is 11.3 Å². The van der Waals surface area contributed by atoms with Gasteiger partial charge in [-0.2, -0.15) is 0 Å². The third kappa shape index (κ3) is 4.08. The Labute approximate surface area is 162 Å². The number of nitrogens with zero attached hydrogens (tertiary/aromatic N) is 3. The van der Waals surface area contributed by atoms with Gasteiger partial charge < -0.3 is 9.88 Å². The zero-order valence-corrected chi connectivity index (χ0v) is 16.9. The number of benzene rings is 1. The van der Waals surface area contributed by atoms with E-state index in [-0.39, 0.29) is 17.1 Å². The Bertz CT molecular complexity index is 953. The molecule has 0 bridgehead atoms. The van der Waals surface area contributed by atoms with Gasteiger partial charge in [0.1, 0.15) is 22.6 Å². The van der Waals surface area contributed by atoms with Gasteiger partial charge in [0.25, 0.3) is 5.91 Å². The van der Waals surface area contributed by atoms with Crippen LogP contribution >= 0.6 is 11.3 Å². The maximum Gasteiger partial charge on any atom is 0.264 e. The highest BCUT2D eigenvalue weighted by Gasteiger charge is 2.26. The number of carbonyl (C=O) groups excluding carboxylic acids is 1. The van der Waals surface area contributed by atoms with Crippen molar-refractivity contribution in [3.05, 3.63) is 69.4 Å². The molecular formula is C20H23FN4OS. The number of hydrogen-bond acceptors (Lipinski definition) is 4. The van der Waals surface area contributed by atoms with E-state index >= 15 is 0 Å². The maximum atomic E-state index is 13.4. The average Bonchev–Trinajstić information content (AvgIpc) is 3.19. The Morgan fingerprint density at radius 2 is 1.93 bits per heavy atom. The molecule has 2 heterocycles. The summed E-state index contributed by atoms with van der Waals surface area (Å²) in [5.41, 5.74) is 1.35. The van der Waals surface area contributed by atoms with Crippen LogP contribution in [0, 0.1) is 12.7 Å². The fourth-order valence-electron chi connectivity index (χ4n) is 2.73. The largest absolute Gasteiger partial charge is 0.337 e. The second-order valence-corrected chi connectivity index (χ2v) is 8.54. The molecule has 0 aliphatic carbocycles. The van der Waals surface area contributed by atoms with E-state index < -0.39 is 6.04 Å². The molecule has 142 valence electrons. The minimum atomic E-state index is -0.488. The van der Waals surface area contributed by atoms with E-state index in [0.29, 0.717) is 16.4 Å². The van der Waals surface area contributed by atoms with E-state index in [4.69, 9.17) is 0 Å². The second kappa shape index (κ2) is 7.23. The molecule has 0 fully saturated rings. The highest BCUT2D eigenvalue weighted by Crippen LogP contribution is 2.30. The summed E-state index contributed by atoms with van der Waals surface area (Å²) >= 11 is 1.41. The Morgan fingerprint density at radius 1 is 1.26 bits per heavy atom. The van der Waals surface area contributed by atoms with Gasteiger partial charge in [0.2, 0.25) is 0 Å². The van der Waals surface area contributed by atoms with Crippen LogP contribution in [0.3, 0.4) is 0 Å². The van der Waals surface area contributed by atoms with Crippen LogP contribution in [0.25, 0.3) is 0 Å². The fraction of sp³-hybridized carbons (Fsp3) is 0.350. The molecule has 0 aliphatic rings. The lowest BCUT2D eigenvalue weighted by atomic mass is 9.98. The van der Waals surface area contributed by atoms with Gasteiger partial charge in [-0.3, -0.25) is 4.79 Å². The van der Waals surface area contributed by atoms with Crippen LogP contribution in [-0.2, 0) is 12.5 Å². The number of hydrogen-bond donors (Lipinski definition) is 1. The van der Waals surface area contributed by atoms with Crippen molar-refractivity contribution in [2.45, 2.75) is 39.2 Å². The molecule has 3 rings (SSSR count). The summed E-state index contributed by atoms with van der Waals surface area (Å²) in [5, 5.41) is 3.96. The second-order valence-electron chi connectivity index (χ2n) is 7.54. The monoisotopic (exact) mass is 386 g/mol. The van der Waals surface area contributed by atoms with Crippen LogP contribution in [0.1, 0.15) is 58.6 Å². The first kappa shape index (κ1) is 19.2. The normalized spacial score (nSPS) is 12.8.